The first kappa shape index (κ1) is 23.2. The van der Waals surface area contributed by atoms with Crippen LogP contribution in [-0.4, -0.2) is 62.6 Å². The van der Waals surface area contributed by atoms with Crippen LogP contribution in [0.15, 0.2) is 22.5 Å². The number of halogens is 1. The summed E-state index contributed by atoms with van der Waals surface area (Å²) in [5.41, 5.74) is 0. The van der Waals surface area contributed by atoms with Gasteiger partial charge in [0.15, 0.2) is 5.96 Å². The second-order valence-electron chi connectivity index (χ2n) is 6.35. The summed E-state index contributed by atoms with van der Waals surface area (Å²) in [5.74, 6) is 0.870. The fourth-order valence-corrected chi connectivity index (χ4v) is 3.64. The van der Waals surface area contributed by atoms with Crippen LogP contribution in [0.25, 0.3) is 0 Å². The van der Waals surface area contributed by atoms with E-state index in [0.717, 1.165) is 49.7 Å². The molecule has 26 heavy (non-hydrogen) atoms. The summed E-state index contributed by atoms with van der Waals surface area (Å²) in [6, 6.07) is 4.23. The summed E-state index contributed by atoms with van der Waals surface area (Å²) in [6.45, 7) is 7.22. The number of aliphatic imine (C=N–C) groups is 1. The molecule has 1 aromatic rings. The number of rotatable bonds is 8. The summed E-state index contributed by atoms with van der Waals surface area (Å²) in [7, 11) is 1.81. The van der Waals surface area contributed by atoms with Crippen molar-refractivity contribution in [2.24, 2.45) is 4.99 Å². The van der Waals surface area contributed by atoms with E-state index in [9.17, 15) is 4.79 Å². The summed E-state index contributed by atoms with van der Waals surface area (Å²) < 4.78 is 0. The monoisotopic (exact) mass is 493 g/mol. The van der Waals surface area contributed by atoms with Gasteiger partial charge in [-0.2, -0.15) is 0 Å². The number of nitrogens with zero attached hydrogens (tertiary/aromatic N) is 2. The van der Waals surface area contributed by atoms with Gasteiger partial charge in [-0.05, 0) is 43.7 Å². The zero-order valence-corrected chi connectivity index (χ0v) is 18.9. The molecule has 148 valence electrons. The number of amides is 1. The van der Waals surface area contributed by atoms with E-state index in [2.05, 4.69) is 32.8 Å². The van der Waals surface area contributed by atoms with Crippen LogP contribution < -0.4 is 16.0 Å². The van der Waals surface area contributed by atoms with E-state index >= 15 is 0 Å². The van der Waals surface area contributed by atoms with Gasteiger partial charge in [0.1, 0.15) is 0 Å². The number of thiophene rings is 1. The molecule has 1 aliphatic rings. The Balaban J connectivity index is 0.00000338. The third kappa shape index (κ3) is 8.22. The second-order valence-corrected chi connectivity index (χ2v) is 7.29. The molecule has 6 nitrogen and oxygen atoms in total. The number of hydrogen-bond acceptors (Lipinski definition) is 4. The minimum atomic E-state index is 0. The lowest BCUT2D eigenvalue weighted by atomic mass is 10.1. The van der Waals surface area contributed by atoms with E-state index < -0.39 is 0 Å². The number of piperidine rings is 1. The molecule has 0 saturated carbocycles. The first-order valence-electron chi connectivity index (χ1n) is 9.24. The van der Waals surface area contributed by atoms with Gasteiger partial charge in [0, 0.05) is 39.3 Å². The highest BCUT2D eigenvalue weighted by atomic mass is 127. The van der Waals surface area contributed by atoms with Crippen molar-refractivity contribution in [1.82, 2.24) is 20.9 Å². The lowest BCUT2D eigenvalue weighted by Gasteiger charge is -2.32. The normalized spacial score (nSPS) is 16.0. The maximum atomic E-state index is 11.8. The molecule has 0 spiro atoms. The maximum Gasteiger partial charge on any atom is 0.261 e. The predicted octanol–water partition coefficient (Wildman–Crippen LogP) is 2.53. The van der Waals surface area contributed by atoms with Gasteiger partial charge in [0.05, 0.1) is 4.88 Å². The Morgan fingerprint density at radius 1 is 1.31 bits per heavy atom. The third-order valence-electron chi connectivity index (χ3n) is 4.37. The fraction of sp³-hybridized carbons (Fsp3) is 0.667. The highest BCUT2D eigenvalue weighted by Gasteiger charge is 2.19. The second kappa shape index (κ2) is 13.3. The number of guanidine groups is 1. The summed E-state index contributed by atoms with van der Waals surface area (Å²) in [5, 5.41) is 11.7. The van der Waals surface area contributed by atoms with E-state index in [-0.39, 0.29) is 29.9 Å². The molecule has 3 N–H and O–H groups in total. The minimum Gasteiger partial charge on any atom is -0.356 e. The molecule has 0 bridgehead atoms. The average Bonchev–Trinajstić information content (AvgIpc) is 3.17. The lowest BCUT2D eigenvalue weighted by Crippen LogP contribution is -2.49. The number of hydrogen-bond donors (Lipinski definition) is 3. The van der Waals surface area contributed by atoms with Gasteiger partial charge in [-0.1, -0.05) is 13.0 Å². The molecular weight excluding hydrogens is 461 g/mol. The molecular formula is C18H32IN5OS. The van der Waals surface area contributed by atoms with E-state index in [4.69, 9.17) is 0 Å². The van der Waals surface area contributed by atoms with E-state index in [1.54, 1.807) is 7.05 Å². The van der Waals surface area contributed by atoms with Crippen LogP contribution in [0.1, 0.15) is 42.3 Å². The minimum absolute atomic E-state index is 0. The highest BCUT2D eigenvalue weighted by molar-refractivity contribution is 14.0. The highest BCUT2D eigenvalue weighted by Crippen LogP contribution is 2.10. The smallest absolute Gasteiger partial charge is 0.261 e. The molecule has 0 aromatic carbocycles. The fourth-order valence-electron chi connectivity index (χ4n) is 3.00. The summed E-state index contributed by atoms with van der Waals surface area (Å²) >= 11 is 1.47. The Bertz CT molecular complexity index is 530. The van der Waals surface area contributed by atoms with Crippen LogP contribution in [0.4, 0.5) is 0 Å². The molecule has 1 aliphatic heterocycles. The molecule has 2 rings (SSSR count). The van der Waals surface area contributed by atoms with Crippen molar-refractivity contribution in [3.8, 4) is 0 Å². The topological polar surface area (TPSA) is 68.8 Å². The standard InChI is InChI=1S/C18H31N5OS.HI/c1-3-11-23-12-7-15(8-13-23)22-18(19-2)21-10-5-9-20-17(24)16-6-4-14-25-16;/h4,6,14-15H,3,5,7-13H2,1-2H3,(H,20,24)(H2,19,21,22);1H. The molecule has 1 amide bonds. The van der Waals surface area contributed by atoms with Gasteiger partial charge in [-0.15, -0.1) is 35.3 Å². The molecule has 8 heteroatoms. The van der Waals surface area contributed by atoms with Gasteiger partial charge in [0.2, 0.25) is 0 Å². The number of nitrogens with one attached hydrogen (secondary N) is 3. The van der Waals surface area contributed by atoms with Gasteiger partial charge >= 0.3 is 0 Å². The molecule has 0 radical (unpaired) electrons. The summed E-state index contributed by atoms with van der Waals surface area (Å²) in [4.78, 5) is 19.4. The molecule has 1 fully saturated rings. The average molecular weight is 493 g/mol. The lowest BCUT2D eigenvalue weighted by molar-refractivity contribution is 0.0957. The largest absolute Gasteiger partial charge is 0.356 e. The molecule has 1 saturated heterocycles. The van der Waals surface area contributed by atoms with Crippen LogP contribution in [0.5, 0.6) is 0 Å². The van der Waals surface area contributed by atoms with Crippen molar-refractivity contribution in [1.29, 1.82) is 0 Å². The van der Waals surface area contributed by atoms with Crippen molar-refractivity contribution >= 4 is 47.2 Å². The van der Waals surface area contributed by atoms with Crippen LogP contribution >= 0.6 is 35.3 Å². The van der Waals surface area contributed by atoms with E-state index in [1.807, 2.05) is 17.5 Å². The Kier molecular flexibility index (Phi) is 11.9. The van der Waals surface area contributed by atoms with E-state index in [0.29, 0.717) is 12.6 Å². The number of likely N-dealkylation sites (tertiary alicyclic amines) is 1. The van der Waals surface area contributed by atoms with Gasteiger partial charge < -0.3 is 20.9 Å². The van der Waals surface area contributed by atoms with Gasteiger partial charge in [0.25, 0.3) is 5.91 Å². The van der Waals surface area contributed by atoms with Gasteiger partial charge in [-0.3, -0.25) is 9.79 Å². The first-order valence-corrected chi connectivity index (χ1v) is 10.1. The molecule has 0 atom stereocenters. The Labute approximate surface area is 178 Å². The van der Waals surface area contributed by atoms with Crippen molar-refractivity contribution in [3.63, 3.8) is 0 Å². The molecule has 0 unspecified atom stereocenters. The van der Waals surface area contributed by atoms with E-state index in [1.165, 1.54) is 24.3 Å². The molecule has 0 aliphatic carbocycles. The molecule has 2 heterocycles. The van der Waals surface area contributed by atoms with Crippen molar-refractivity contribution < 1.29 is 4.79 Å². The van der Waals surface area contributed by atoms with Crippen LogP contribution in [0, 0.1) is 0 Å². The Morgan fingerprint density at radius 3 is 2.65 bits per heavy atom. The molecule has 1 aromatic heterocycles. The SMILES string of the molecule is CCCN1CCC(NC(=NC)NCCCNC(=O)c2cccs2)CC1.I. The number of carbonyl (C=O) groups excluding carboxylic acids is 1. The Hall–Kier alpha value is -0.870. The summed E-state index contributed by atoms with van der Waals surface area (Å²) in [6.07, 6.45) is 4.42. The first-order chi connectivity index (χ1) is 12.2. The zero-order chi connectivity index (χ0) is 17.9. The predicted molar refractivity (Wildman–Crippen MR) is 121 cm³/mol. The van der Waals surface area contributed by atoms with Crippen molar-refractivity contribution in [2.45, 2.75) is 38.6 Å². The Morgan fingerprint density at radius 2 is 2.04 bits per heavy atom. The third-order valence-corrected chi connectivity index (χ3v) is 5.24. The zero-order valence-electron chi connectivity index (χ0n) is 15.8. The van der Waals surface area contributed by atoms with Crippen molar-refractivity contribution in [2.75, 3.05) is 39.8 Å². The number of carbonyl (C=O) groups is 1. The maximum absolute atomic E-state index is 11.8. The van der Waals surface area contributed by atoms with Crippen LogP contribution in [0.2, 0.25) is 0 Å². The van der Waals surface area contributed by atoms with Gasteiger partial charge in [-0.25, -0.2) is 0 Å². The van der Waals surface area contributed by atoms with Crippen molar-refractivity contribution in [3.05, 3.63) is 22.4 Å². The quantitative estimate of drug-likeness (QED) is 0.225. The van der Waals surface area contributed by atoms with Crippen LogP contribution in [0.3, 0.4) is 0 Å². The van der Waals surface area contributed by atoms with Crippen LogP contribution in [-0.2, 0) is 0 Å².